The van der Waals surface area contributed by atoms with Gasteiger partial charge in [0.15, 0.2) is 5.78 Å². The number of carbonyl (C=O) groups is 2. The highest BCUT2D eigenvalue weighted by molar-refractivity contribution is 6.02. The lowest BCUT2D eigenvalue weighted by Crippen LogP contribution is -2.10. The minimum Gasteiger partial charge on any atom is -0.469 e. The van der Waals surface area contributed by atoms with E-state index in [0.29, 0.717) is 17.9 Å². The van der Waals surface area contributed by atoms with Gasteiger partial charge >= 0.3 is 5.97 Å². The fourth-order valence-corrected chi connectivity index (χ4v) is 2.14. The molecule has 18 heavy (non-hydrogen) atoms. The maximum absolute atomic E-state index is 12.1. The summed E-state index contributed by atoms with van der Waals surface area (Å²) in [5, 5.41) is 0. The molecule has 3 heteroatoms. The highest BCUT2D eigenvalue weighted by Crippen LogP contribution is 2.41. The van der Waals surface area contributed by atoms with E-state index >= 15 is 0 Å². The standard InChI is InChI=1S/C15H18O3/c1-9(2)10-4-6-11(7-5-10)14(16)12-8-13(12)15(17)18-3/h4-7,9,12-13H,8H2,1-3H3/t12-,13+/m1/s1. The van der Waals surface area contributed by atoms with Crippen LogP contribution in [-0.2, 0) is 9.53 Å². The summed E-state index contributed by atoms with van der Waals surface area (Å²) in [4.78, 5) is 23.4. The molecule has 1 aliphatic carbocycles. The molecule has 1 aliphatic rings. The first-order valence-corrected chi connectivity index (χ1v) is 6.26. The molecular formula is C15H18O3. The smallest absolute Gasteiger partial charge is 0.309 e. The zero-order valence-corrected chi connectivity index (χ0v) is 11.0. The van der Waals surface area contributed by atoms with E-state index in [0.717, 1.165) is 0 Å². The van der Waals surface area contributed by atoms with Crippen molar-refractivity contribution in [2.45, 2.75) is 26.2 Å². The van der Waals surface area contributed by atoms with E-state index < -0.39 is 0 Å². The third kappa shape index (κ3) is 2.45. The predicted molar refractivity (Wildman–Crippen MR) is 68.5 cm³/mol. The number of ether oxygens (including phenoxy) is 1. The molecule has 2 rings (SSSR count). The van der Waals surface area contributed by atoms with E-state index in [9.17, 15) is 9.59 Å². The maximum Gasteiger partial charge on any atom is 0.309 e. The van der Waals surface area contributed by atoms with Gasteiger partial charge in [0.25, 0.3) is 0 Å². The van der Waals surface area contributed by atoms with Crippen LogP contribution in [0.2, 0.25) is 0 Å². The van der Waals surface area contributed by atoms with E-state index in [-0.39, 0.29) is 23.6 Å². The third-order valence-electron chi connectivity index (χ3n) is 3.49. The second-order valence-corrected chi connectivity index (χ2v) is 5.11. The Morgan fingerprint density at radius 2 is 1.78 bits per heavy atom. The summed E-state index contributed by atoms with van der Waals surface area (Å²) in [6.45, 7) is 4.23. The number of ketones is 1. The Bertz CT molecular complexity index is 459. The molecule has 0 heterocycles. The maximum atomic E-state index is 12.1. The van der Waals surface area contributed by atoms with Crippen molar-refractivity contribution < 1.29 is 14.3 Å². The van der Waals surface area contributed by atoms with Crippen molar-refractivity contribution in [3.63, 3.8) is 0 Å². The van der Waals surface area contributed by atoms with Crippen molar-refractivity contribution in [3.05, 3.63) is 35.4 Å². The number of hydrogen-bond donors (Lipinski definition) is 0. The molecule has 0 aliphatic heterocycles. The number of carbonyl (C=O) groups excluding carboxylic acids is 2. The van der Waals surface area contributed by atoms with E-state index in [2.05, 4.69) is 18.6 Å². The molecule has 1 aromatic carbocycles. The Kier molecular flexibility index (Phi) is 3.50. The van der Waals surface area contributed by atoms with Crippen LogP contribution >= 0.6 is 0 Å². The Balaban J connectivity index is 2.05. The number of esters is 1. The van der Waals surface area contributed by atoms with Crippen LogP contribution < -0.4 is 0 Å². The SMILES string of the molecule is COC(=O)[C@H]1C[C@H]1C(=O)c1ccc(C(C)C)cc1. The van der Waals surface area contributed by atoms with Gasteiger partial charge in [-0.05, 0) is 17.9 Å². The summed E-state index contributed by atoms with van der Waals surface area (Å²) in [7, 11) is 1.36. The van der Waals surface area contributed by atoms with E-state index in [1.54, 1.807) is 0 Å². The molecule has 0 spiro atoms. The molecule has 0 bridgehead atoms. The van der Waals surface area contributed by atoms with Gasteiger partial charge in [-0.15, -0.1) is 0 Å². The molecule has 0 N–H and O–H groups in total. The number of benzene rings is 1. The normalized spacial score (nSPS) is 21.8. The van der Waals surface area contributed by atoms with Crippen LogP contribution in [0.1, 0.15) is 42.1 Å². The number of rotatable bonds is 4. The van der Waals surface area contributed by atoms with Crippen molar-refractivity contribution in [3.8, 4) is 0 Å². The molecule has 0 unspecified atom stereocenters. The fraction of sp³-hybridized carbons (Fsp3) is 0.467. The average molecular weight is 246 g/mol. The Labute approximate surface area is 107 Å². The number of hydrogen-bond acceptors (Lipinski definition) is 3. The van der Waals surface area contributed by atoms with Crippen molar-refractivity contribution in [2.75, 3.05) is 7.11 Å². The summed E-state index contributed by atoms with van der Waals surface area (Å²) < 4.78 is 4.65. The molecular weight excluding hydrogens is 228 g/mol. The van der Waals surface area contributed by atoms with Gasteiger partial charge in [0, 0.05) is 11.5 Å². The largest absolute Gasteiger partial charge is 0.469 e. The number of methoxy groups -OCH3 is 1. The van der Waals surface area contributed by atoms with Crippen LogP contribution in [0.5, 0.6) is 0 Å². The second-order valence-electron chi connectivity index (χ2n) is 5.11. The topological polar surface area (TPSA) is 43.4 Å². The highest BCUT2D eigenvalue weighted by Gasteiger charge is 2.48. The zero-order valence-electron chi connectivity index (χ0n) is 11.0. The lowest BCUT2D eigenvalue weighted by Gasteiger charge is -2.06. The Morgan fingerprint density at radius 3 is 2.28 bits per heavy atom. The Morgan fingerprint density at radius 1 is 1.17 bits per heavy atom. The van der Waals surface area contributed by atoms with Gasteiger partial charge in [-0.2, -0.15) is 0 Å². The van der Waals surface area contributed by atoms with Crippen LogP contribution in [0.15, 0.2) is 24.3 Å². The van der Waals surface area contributed by atoms with Crippen LogP contribution in [0.4, 0.5) is 0 Å². The molecule has 1 aromatic rings. The lowest BCUT2D eigenvalue weighted by molar-refractivity contribution is -0.142. The van der Waals surface area contributed by atoms with Crippen LogP contribution in [0, 0.1) is 11.8 Å². The lowest BCUT2D eigenvalue weighted by atomic mass is 9.99. The molecule has 1 saturated carbocycles. The second kappa shape index (κ2) is 4.92. The first-order valence-electron chi connectivity index (χ1n) is 6.26. The number of Topliss-reactive ketones (excluding diaryl/α,β-unsaturated/α-hetero) is 1. The molecule has 3 nitrogen and oxygen atoms in total. The van der Waals surface area contributed by atoms with E-state index in [1.165, 1.54) is 12.7 Å². The molecule has 0 aromatic heterocycles. The summed E-state index contributed by atoms with van der Waals surface area (Å²) in [6.07, 6.45) is 0.622. The first kappa shape index (κ1) is 12.8. The summed E-state index contributed by atoms with van der Waals surface area (Å²) in [6, 6.07) is 7.66. The minimum atomic E-state index is -0.271. The van der Waals surface area contributed by atoms with Gasteiger partial charge < -0.3 is 4.74 Å². The molecule has 1 fully saturated rings. The monoisotopic (exact) mass is 246 g/mol. The third-order valence-corrected chi connectivity index (χ3v) is 3.49. The summed E-state index contributed by atoms with van der Waals surface area (Å²) in [5.74, 6) is -0.166. The highest BCUT2D eigenvalue weighted by atomic mass is 16.5. The summed E-state index contributed by atoms with van der Waals surface area (Å²) >= 11 is 0. The quantitative estimate of drug-likeness (QED) is 0.606. The van der Waals surface area contributed by atoms with Gasteiger partial charge in [-0.25, -0.2) is 0 Å². The Hall–Kier alpha value is -1.64. The van der Waals surface area contributed by atoms with Crippen molar-refractivity contribution >= 4 is 11.8 Å². The van der Waals surface area contributed by atoms with Gasteiger partial charge in [-0.1, -0.05) is 38.1 Å². The van der Waals surface area contributed by atoms with Gasteiger partial charge in [0.2, 0.25) is 0 Å². The summed E-state index contributed by atoms with van der Waals surface area (Å²) in [5.41, 5.74) is 1.91. The van der Waals surface area contributed by atoms with E-state index in [4.69, 9.17) is 0 Å². The predicted octanol–water partition coefficient (Wildman–Crippen LogP) is 2.80. The van der Waals surface area contributed by atoms with Gasteiger partial charge in [0.1, 0.15) is 0 Å². The van der Waals surface area contributed by atoms with Crippen LogP contribution in [0.3, 0.4) is 0 Å². The minimum absolute atomic E-state index is 0.0562. The average Bonchev–Trinajstić information content (AvgIpc) is 3.17. The molecule has 0 amide bonds. The van der Waals surface area contributed by atoms with Crippen molar-refractivity contribution in [2.24, 2.45) is 11.8 Å². The molecule has 96 valence electrons. The fourth-order valence-electron chi connectivity index (χ4n) is 2.14. The molecule has 0 saturated heterocycles. The van der Waals surface area contributed by atoms with Crippen molar-refractivity contribution in [1.82, 2.24) is 0 Å². The van der Waals surface area contributed by atoms with Crippen LogP contribution in [0.25, 0.3) is 0 Å². The molecule has 0 radical (unpaired) electrons. The van der Waals surface area contributed by atoms with Crippen LogP contribution in [-0.4, -0.2) is 18.9 Å². The first-order chi connectivity index (χ1) is 8.54. The zero-order chi connectivity index (χ0) is 13.3. The van der Waals surface area contributed by atoms with Gasteiger partial charge in [-0.3, -0.25) is 9.59 Å². The van der Waals surface area contributed by atoms with E-state index in [1.807, 2.05) is 24.3 Å². The molecule has 2 atom stereocenters. The van der Waals surface area contributed by atoms with Crippen molar-refractivity contribution in [1.29, 1.82) is 0 Å². The van der Waals surface area contributed by atoms with Gasteiger partial charge in [0.05, 0.1) is 13.0 Å².